The summed E-state index contributed by atoms with van der Waals surface area (Å²) < 4.78 is 23.9. The molecule has 0 atom stereocenters. The molecule has 90 valence electrons. The third-order valence-corrected chi connectivity index (χ3v) is 3.37. The minimum Gasteiger partial charge on any atom is -0.221 e. The van der Waals surface area contributed by atoms with Crippen LogP contribution in [0.2, 0.25) is 10.0 Å². The molecule has 6 nitrogen and oxygen atoms in total. The molecule has 0 aliphatic heterocycles. The zero-order chi connectivity index (χ0) is 12.6. The first kappa shape index (κ1) is 12.3. The smallest absolute Gasteiger partial charge is 0.221 e. The lowest BCUT2D eigenvalue weighted by atomic mass is 10.3. The molecule has 1 aromatic carbocycles. The van der Waals surface area contributed by atoms with Gasteiger partial charge in [-0.15, -0.1) is 0 Å². The molecule has 0 saturated heterocycles. The molecule has 1 heterocycles. The second-order valence-corrected chi connectivity index (χ2v) is 5.99. The molecule has 0 N–H and O–H groups in total. The average Bonchev–Trinajstić information content (AvgIpc) is 2.65. The van der Waals surface area contributed by atoms with Crippen LogP contribution in [0.1, 0.15) is 0 Å². The van der Waals surface area contributed by atoms with Crippen molar-refractivity contribution in [3.63, 3.8) is 0 Å². The second kappa shape index (κ2) is 4.25. The van der Waals surface area contributed by atoms with E-state index in [-0.39, 0.29) is 10.2 Å². The van der Waals surface area contributed by atoms with Crippen molar-refractivity contribution >= 4 is 33.0 Å². The van der Waals surface area contributed by atoms with Crippen LogP contribution in [0.4, 0.5) is 0 Å². The van der Waals surface area contributed by atoms with Crippen LogP contribution < -0.4 is 0 Å². The Morgan fingerprint density at radius 3 is 2.59 bits per heavy atom. The van der Waals surface area contributed by atoms with E-state index in [0.717, 1.165) is 10.9 Å². The zero-order valence-corrected chi connectivity index (χ0v) is 10.8. The first-order chi connectivity index (χ1) is 7.89. The second-order valence-electron chi connectivity index (χ2n) is 3.24. The van der Waals surface area contributed by atoms with Crippen molar-refractivity contribution < 1.29 is 8.42 Å². The normalized spacial score (nSPS) is 11.7. The van der Waals surface area contributed by atoms with Gasteiger partial charge in [-0.25, -0.2) is 8.42 Å². The van der Waals surface area contributed by atoms with Crippen LogP contribution in [0.3, 0.4) is 0 Å². The molecule has 0 aliphatic rings. The van der Waals surface area contributed by atoms with Crippen LogP contribution in [0, 0.1) is 0 Å². The highest BCUT2D eigenvalue weighted by atomic mass is 35.5. The van der Waals surface area contributed by atoms with E-state index in [1.165, 1.54) is 12.1 Å². The maximum absolute atomic E-state index is 11.4. The van der Waals surface area contributed by atoms with Crippen LogP contribution in [-0.2, 0) is 9.84 Å². The minimum atomic E-state index is -3.53. The van der Waals surface area contributed by atoms with Gasteiger partial charge >= 0.3 is 0 Å². The van der Waals surface area contributed by atoms with Crippen molar-refractivity contribution in [1.82, 2.24) is 20.2 Å². The van der Waals surface area contributed by atoms with E-state index < -0.39 is 9.84 Å². The van der Waals surface area contributed by atoms with Gasteiger partial charge in [-0.05, 0) is 28.6 Å². The van der Waals surface area contributed by atoms with Crippen molar-refractivity contribution in [2.75, 3.05) is 6.26 Å². The van der Waals surface area contributed by atoms with Gasteiger partial charge in [-0.3, -0.25) is 0 Å². The lowest BCUT2D eigenvalue weighted by molar-refractivity contribution is 0.586. The number of halogens is 2. The number of aromatic nitrogens is 4. The standard InChI is InChI=1S/C8H6Cl2N4O2S/c1-17(15,16)8-11-12-13-14(8)7-3-2-5(9)4-6(7)10/h2-4H,1H3. The lowest BCUT2D eigenvalue weighted by Crippen LogP contribution is -2.09. The minimum absolute atomic E-state index is 0.259. The van der Waals surface area contributed by atoms with Crippen LogP contribution in [0.15, 0.2) is 23.4 Å². The number of sulfone groups is 1. The highest BCUT2D eigenvalue weighted by molar-refractivity contribution is 7.90. The van der Waals surface area contributed by atoms with Crippen LogP contribution in [-0.4, -0.2) is 34.9 Å². The monoisotopic (exact) mass is 292 g/mol. The van der Waals surface area contributed by atoms with Gasteiger partial charge in [0.2, 0.25) is 9.84 Å². The van der Waals surface area contributed by atoms with Crippen LogP contribution in [0.5, 0.6) is 0 Å². The summed E-state index contributed by atoms with van der Waals surface area (Å²) in [6, 6.07) is 4.58. The molecule has 0 aliphatic carbocycles. The molecule has 17 heavy (non-hydrogen) atoms. The van der Waals surface area contributed by atoms with Crippen LogP contribution in [0.25, 0.3) is 5.69 Å². The first-order valence-electron chi connectivity index (χ1n) is 4.33. The van der Waals surface area contributed by atoms with E-state index in [9.17, 15) is 8.42 Å². The Morgan fingerprint density at radius 1 is 1.29 bits per heavy atom. The summed E-state index contributed by atoms with van der Waals surface area (Å²) in [5.41, 5.74) is 0.349. The molecular formula is C8H6Cl2N4O2S. The maximum Gasteiger partial charge on any atom is 0.272 e. The van der Waals surface area contributed by atoms with Crippen molar-refractivity contribution in [1.29, 1.82) is 0 Å². The highest BCUT2D eigenvalue weighted by Crippen LogP contribution is 2.25. The first-order valence-corrected chi connectivity index (χ1v) is 6.98. The van der Waals surface area contributed by atoms with E-state index in [2.05, 4.69) is 15.5 Å². The number of hydrogen-bond acceptors (Lipinski definition) is 5. The summed E-state index contributed by atoms with van der Waals surface area (Å²) in [6.07, 6.45) is 1.01. The zero-order valence-electron chi connectivity index (χ0n) is 8.50. The van der Waals surface area contributed by atoms with E-state index in [0.29, 0.717) is 10.7 Å². The van der Waals surface area contributed by atoms with Gasteiger partial charge in [0.15, 0.2) is 0 Å². The third kappa shape index (κ3) is 2.41. The molecule has 0 bridgehead atoms. The van der Waals surface area contributed by atoms with Gasteiger partial charge < -0.3 is 0 Å². The molecule has 2 aromatic rings. The third-order valence-electron chi connectivity index (χ3n) is 1.91. The highest BCUT2D eigenvalue weighted by Gasteiger charge is 2.20. The predicted octanol–water partition coefficient (Wildman–Crippen LogP) is 1.37. The van der Waals surface area contributed by atoms with Crippen molar-refractivity contribution in [3.05, 3.63) is 28.2 Å². The fraction of sp³-hybridized carbons (Fsp3) is 0.125. The molecule has 0 spiro atoms. The van der Waals surface area contributed by atoms with E-state index in [1.807, 2.05) is 0 Å². The summed E-state index contributed by atoms with van der Waals surface area (Å²) in [6.45, 7) is 0. The quantitative estimate of drug-likeness (QED) is 0.835. The van der Waals surface area contributed by atoms with Crippen LogP contribution >= 0.6 is 23.2 Å². The average molecular weight is 293 g/mol. The molecule has 0 fully saturated rings. The summed E-state index contributed by atoms with van der Waals surface area (Å²) in [5, 5.41) is 10.8. The van der Waals surface area contributed by atoms with E-state index in [1.54, 1.807) is 6.07 Å². The number of hydrogen-bond donors (Lipinski definition) is 0. The molecule has 0 radical (unpaired) electrons. The largest absolute Gasteiger partial charge is 0.272 e. The Bertz CT molecular complexity index is 668. The molecule has 0 saturated carbocycles. The molecule has 0 amide bonds. The van der Waals surface area contributed by atoms with Gasteiger partial charge in [-0.1, -0.05) is 28.3 Å². The molecule has 9 heteroatoms. The Labute approximate surface area is 107 Å². The van der Waals surface area contributed by atoms with Crippen molar-refractivity contribution in [2.45, 2.75) is 5.16 Å². The summed E-state index contributed by atoms with van der Waals surface area (Å²) >= 11 is 11.7. The summed E-state index contributed by atoms with van der Waals surface area (Å²) in [4.78, 5) is 0. The maximum atomic E-state index is 11.4. The predicted molar refractivity (Wildman–Crippen MR) is 62.3 cm³/mol. The SMILES string of the molecule is CS(=O)(=O)c1nnnn1-c1ccc(Cl)cc1Cl. The number of nitrogens with zero attached hydrogens (tertiary/aromatic N) is 4. The summed E-state index contributed by atoms with van der Waals surface area (Å²) in [7, 11) is -3.53. The fourth-order valence-electron chi connectivity index (χ4n) is 1.21. The van der Waals surface area contributed by atoms with Gasteiger partial charge in [-0.2, -0.15) is 4.68 Å². The van der Waals surface area contributed by atoms with E-state index >= 15 is 0 Å². The molecule has 0 unspecified atom stereocenters. The Morgan fingerprint density at radius 2 is 2.00 bits per heavy atom. The van der Waals surface area contributed by atoms with Crippen molar-refractivity contribution in [2.24, 2.45) is 0 Å². The van der Waals surface area contributed by atoms with Gasteiger partial charge in [0.25, 0.3) is 5.16 Å². The number of tetrazole rings is 1. The van der Waals surface area contributed by atoms with Gasteiger partial charge in [0.05, 0.1) is 10.7 Å². The van der Waals surface area contributed by atoms with Gasteiger partial charge in [0, 0.05) is 11.3 Å². The molecular weight excluding hydrogens is 287 g/mol. The topological polar surface area (TPSA) is 77.7 Å². The molecule has 1 aromatic heterocycles. The summed E-state index contributed by atoms with van der Waals surface area (Å²) in [5.74, 6) is 0. The Hall–Kier alpha value is -1.18. The lowest BCUT2D eigenvalue weighted by Gasteiger charge is -2.05. The van der Waals surface area contributed by atoms with Gasteiger partial charge in [0.1, 0.15) is 0 Å². The Balaban J connectivity index is 2.66. The number of benzene rings is 1. The fourth-order valence-corrected chi connectivity index (χ4v) is 2.34. The van der Waals surface area contributed by atoms with Crippen molar-refractivity contribution in [3.8, 4) is 5.69 Å². The molecule has 2 rings (SSSR count). The Kier molecular flexibility index (Phi) is 3.07. The number of rotatable bonds is 2. The van der Waals surface area contributed by atoms with E-state index in [4.69, 9.17) is 23.2 Å².